The average molecular weight is 407 g/mol. The summed E-state index contributed by atoms with van der Waals surface area (Å²) in [6, 6.07) is 18.3. The van der Waals surface area contributed by atoms with Crippen molar-refractivity contribution in [3.8, 4) is 0 Å². The first kappa shape index (κ1) is 19.6. The summed E-state index contributed by atoms with van der Waals surface area (Å²) in [5, 5.41) is 3.09. The van der Waals surface area contributed by atoms with E-state index < -0.39 is 5.41 Å². The van der Waals surface area contributed by atoms with Crippen LogP contribution in [0.2, 0.25) is 0 Å². The molecule has 1 aliphatic carbocycles. The second-order valence-corrected chi connectivity index (χ2v) is 8.47. The highest BCUT2D eigenvalue weighted by molar-refractivity contribution is 7.98. The highest BCUT2D eigenvalue weighted by Gasteiger charge is 2.42. The van der Waals surface area contributed by atoms with Gasteiger partial charge in [0.15, 0.2) is 0 Å². The molecule has 4 rings (SSSR count). The van der Waals surface area contributed by atoms with Gasteiger partial charge in [0.25, 0.3) is 0 Å². The Bertz CT molecular complexity index is 952. The third-order valence-corrected chi connectivity index (χ3v) is 6.61. The highest BCUT2D eigenvalue weighted by atomic mass is 32.2. The van der Waals surface area contributed by atoms with E-state index in [2.05, 4.69) is 16.4 Å². The van der Waals surface area contributed by atoms with Crippen molar-refractivity contribution in [1.29, 1.82) is 0 Å². The van der Waals surface area contributed by atoms with E-state index in [0.717, 1.165) is 47.6 Å². The minimum absolute atomic E-state index is 0.00243. The summed E-state index contributed by atoms with van der Waals surface area (Å²) in [5.41, 5.74) is 2.30. The van der Waals surface area contributed by atoms with E-state index in [1.165, 1.54) is 17.7 Å². The summed E-state index contributed by atoms with van der Waals surface area (Å²) in [6.07, 6.45) is 7.25. The van der Waals surface area contributed by atoms with Crippen molar-refractivity contribution in [2.75, 3.05) is 5.32 Å². The molecule has 148 valence electrons. The van der Waals surface area contributed by atoms with Crippen LogP contribution >= 0.6 is 11.8 Å². The van der Waals surface area contributed by atoms with Crippen LogP contribution in [0, 0.1) is 5.82 Å². The van der Waals surface area contributed by atoms with Crippen LogP contribution in [-0.4, -0.2) is 10.9 Å². The first-order chi connectivity index (χ1) is 14.2. The standard InChI is InChI=1S/C24H23FN2OS/c25-20-7-5-19(6-8-20)24(13-1-2-14-24)23(28)27-21-9-11-22(12-10-21)29-17-18-4-3-15-26-16-18/h3-12,15-16H,1-2,13-14,17H2,(H,27,28). The van der Waals surface area contributed by atoms with Crippen LogP contribution in [0.5, 0.6) is 0 Å². The Morgan fingerprint density at radius 1 is 1.03 bits per heavy atom. The number of aromatic nitrogens is 1. The van der Waals surface area contributed by atoms with Gasteiger partial charge in [0.2, 0.25) is 5.91 Å². The molecule has 0 unspecified atom stereocenters. The van der Waals surface area contributed by atoms with Crippen molar-refractivity contribution in [3.63, 3.8) is 0 Å². The number of hydrogen-bond donors (Lipinski definition) is 1. The maximum absolute atomic E-state index is 13.3. The molecule has 3 aromatic rings. The quantitative estimate of drug-likeness (QED) is 0.513. The fourth-order valence-corrected chi connectivity index (χ4v) is 4.76. The zero-order valence-corrected chi connectivity index (χ0v) is 16.9. The van der Waals surface area contributed by atoms with Gasteiger partial charge < -0.3 is 5.32 Å². The fourth-order valence-electron chi connectivity index (χ4n) is 3.93. The van der Waals surface area contributed by atoms with E-state index in [9.17, 15) is 9.18 Å². The Kier molecular flexibility index (Phi) is 5.95. The largest absolute Gasteiger partial charge is 0.325 e. The van der Waals surface area contributed by atoms with Gasteiger partial charge in [-0.15, -0.1) is 11.8 Å². The Labute approximate surface area is 174 Å². The molecule has 3 nitrogen and oxygen atoms in total. The molecular formula is C24H23FN2OS. The molecule has 1 aromatic heterocycles. The summed E-state index contributed by atoms with van der Waals surface area (Å²) in [5.74, 6) is 0.576. The second kappa shape index (κ2) is 8.78. The number of carbonyl (C=O) groups is 1. The van der Waals surface area contributed by atoms with Crippen molar-refractivity contribution in [2.24, 2.45) is 0 Å². The maximum Gasteiger partial charge on any atom is 0.235 e. The van der Waals surface area contributed by atoms with Crippen LogP contribution in [-0.2, 0) is 16.0 Å². The van der Waals surface area contributed by atoms with E-state index >= 15 is 0 Å². The Morgan fingerprint density at radius 3 is 2.41 bits per heavy atom. The lowest BCUT2D eigenvalue weighted by atomic mass is 9.78. The summed E-state index contributed by atoms with van der Waals surface area (Å²) < 4.78 is 13.3. The predicted octanol–water partition coefficient (Wildman–Crippen LogP) is 5.96. The normalized spacial score (nSPS) is 15.2. The van der Waals surface area contributed by atoms with E-state index in [4.69, 9.17) is 0 Å². The number of thioether (sulfide) groups is 1. The molecule has 0 aliphatic heterocycles. The van der Waals surface area contributed by atoms with Gasteiger partial charge in [0.05, 0.1) is 5.41 Å². The van der Waals surface area contributed by atoms with Gasteiger partial charge >= 0.3 is 0 Å². The summed E-state index contributed by atoms with van der Waals surface area (Å²) >= 11 is 1.74. The highest BCUT2D eigenvalue weighted by Crippen LogP contribution is 2.42. The van der Waals surface area contributed by atoms with Gasteiger partial charge in [-0.3, -0.25) is 9.78 Å². The van der Waals surface area contributed by atoms with Gasteiger partial charge in [-0.25, -0.2) is 4.39 Å². The lowest BCUT2D eigenvalue weighted by molar-refractivity contribution is -0.121. The first-order valence-electron chi connectivity index (χ1n) is 9.85. The second-order valence-electron chi connectivity index (χ2n) is 7.42. The van der Waals surface area contributed by atoms with Crippen molar-refractivity contribution in [2.45, 2.75) is 41.7 Å². The minimum Gasteiger partial charge on any atom is -0.325 e. The van der Waals surface area contributed by atoms with Crippen molar-refractivity contribution in [3.05, 3.63) is 90.0 Å². The van der Waals surface area contributed by atoms with Crippen LogP contribution in [0.3, 0.4) is 0 Å². The average Bonchev–Trinajstić information content (AvgIpc) is 3.26. The summed E-state index contributed by atoms with van der Waals surface area (Å²) in [4.78, 5) is 18.5. The number of amides is 1. The van der Waals surface area contributed by atoms with Crippen molar-refractivity contribution in [1.82, 2.24) is 4.98 Å². The Morgan fingerprint density at radius 2 is 1.76 bits per heavy atom. The molecule has 0 atom stereocenters. The van der Waals surface area contributed by atoms with Crippen LogP contribution in [0.1, 0.15) is 36.8 Å². The lowest BCUT2D eigenvalue weighted by Crippen LogP contribution is -2.38. The molecule has 0 radical (unpaired) electrons. The minimum atomic E-state index is -0.568. The monoisotopic (exact) mass is 406 g/mol. The lowest BCUT2D eigenvalue weighted by Gasteiger charge is -2.28. The third-order valence-electron chi connectivity index (χ3n) is 5.53. The first-order valence-corrected chi connectivity index (χ1v) is 10.8. The van der Waals surface area contributed by atoms with Crippen LogP contribution in [0.4, 0.5) is 10.1 Å². The number of halogens is 1. The molecule has 1 saturated carbocycles. The SMILES string of the molecule is O=C(Nc1ccc(SCc2cccnc2)cc1)C1(c2ccc(F)cc2)CCCC1. The molecule has 29 heavy (non-hydrogen) atoms. The number of carbonyl (C=O) groups excluding carboxylic acids is 1. The zero-order valence-electron chi connectivity index (χ0n) is 16.1. The molecule has 1 heterocycles. The molecule has 0 spiro atoms. The molecule has 0 bridgehead atoms. The van der Waals surface area contributed by atoms with Crippen molar-refractivity contribution >= 4 is 23.4 Å². The summed E-state index contributed by atoms with van der Waals surface area (Å²) in [7, 11) is 0. The van der Waals surface area contributed by atoms with E-state index in [1.54, 1.807) is 30.1 Å². The number of anilines is 1. The molecule has 5 heteroatoms. The number of nitrogens with zero attached hydrogens (tertiary/aromatic N) is 1. The van der Waals surface area contributed by atoms with Gasteiger partial charge in [0, 0.05) is 28.7 Å². The molecule has 1 amide bonds. The topological polar surface area (TPSA) is 42.0 Å². The van der Waals surface area contributed by atoms with E-state index in [1.807, 2.05) is 36.5 Å². The van der Waals surface area contributed by atoms with Gasteiger partial charge in [-0.2, -0.15) is 0 Å². The zero-order chi connectivity index (χ0) is 20.1. The number of rotatable bonds is 6. The number of benzene rings is 2. The number of pyridine rings is 1. The van der Waals surface area contributed by atoms with Gasteiger partial charge in [-0.1, -0.05) is 31.0 Å². The molecule has 1 aliphatic rings. The maximum atomic E-state index is 13.3. The number of nitrogens with one attached hydrogen (secondary N) is 1. The fraction of sp³-hybridized carbons (Fsp3) is 0.250. The predicted molar refractivity (Wildman–Crippen MR) is 115 cm³/mol. The van der Waals surface area contributed by atoms with Crippen LogP contribution < -0.4 is 5.32 Å². The van der Waals surface area contributed by atoms with Gasteiger partial charge in [-0.05, 0) is 66.4 Å². The van der Waals surface area contributed by atoms with Crippen molar-refractivity contribution < 1.29 is 9.18 Å². The Balaban J connectivity index is 1.43. The molecule has 0 saturated heterocycles. The smallest absolute Gasteiger partial charge is 0.235 e. The van der Waals surface area contributed by atoms with E-state index in [-0.39, 0.29) is 11.7 Å². The summed E-state index contributed by atoms with van der Waals surface area (Å²) in [6.45, 7) is 0. The molecular weight excluding hydrogens is 383 g/mol. The molecule has 1 N–H and O–H groups in total. The molecule has 2 aromatic carbocycles. The van der Waals surface area contributed by atoms with Gasteiger partial charge in [0.1, 0.15) is 5.82 Å². The van der Waals surface area contributed by atoms with Crippen LogP contribution in [0.25, 0.3) is 0 Å². The third kappa shape index (κ3) is 4.51. The Hall–Kier alpha value is -2.66. The van der Waals surface area contributed by atoms with E-state index in [0.29, 0.717) is 0 Å². The van der Waals surface area contributed by atoms with Crippen LogP contribution in [0.15, 0.2) is 78.0 Å². The number of hydrogen-bond acceptors (Lipinski definition) is 3. The molecule has 1 fully saturated rings.